The van der Waals surface area contributed by atoms with Gasteiger partial charge in [0.15, 0.2) is 21.9 Å². The number of nitrogens with one attached hydrogen (secondary N) is 1. The predicted octanol–water partition coefficient (Wildman–Crippen LogP) is 5.15. The van der Waals surface area contributed by atoms with E-state index in [0.29, 0.717) is 23.8 Å². The van der Waals surface area contributed by atoms with Crippen molar-refractivity contribution in [1.29, 1.82) is 0 Å². The normalized spacial score (nSPS) is 10.9. The van der Waals surface area contributed by atoms with Crippen molar-refractivity contribution in [3.05, 3.63) is 77.2 Å². The van der Waals surface area contributed by atoms with E-state index < -0.39 is 0 Å². The van der Waals surface area contributed by atoms with E-state index in [0.717, 1.165) is 22.2 Å². The number of hydrogen-bond acceptors (Lipinski definition) is 7. The number of benzene rings is 2. The number of rotatable bonds is 9. The molecule has 0 aliphatic rings. The van der Waals surface area contributed by atoms with Crippen LogP contribution >= 0.6 is 23.1 Å². The number of anilines is 1. The molecule has 0 spiro atoms. The Morgan fingerprint density at radius 3 is 2.65 bits per heavy atom. The molecule has 0 aliphatic heterocycles. The Bertz CT molecular complexity index is 1160. The summed E-state index contributed by atoms with van der Waals surface area (Å²) in [7, 11) is 0. The van der Waals surface area contributed by atoms with Gasteiger partial charge in [0.05, 0.1) is 18.0 Å². The van der Waals surface area contributed by atoms with Gasteiger partial charge in [0.25, 0.3) is 0 Å². The number of carbonyl (C=O) groups is 1. The molecule has 0 saturated heterocycles. The largest absolute Gasteiger partial charge is 0.354 e. The zero-order chi connectivity index (χ0) is 21.6. The van der Waals surface area contributed by atoms with Gasteiger partial charge in [-0.2, -0.15) is 0 Å². The van der Waals surface area contributed by atoms with Gasteiger partial charge >= 0.3 is 0 Å². The highest BCUT2D eigenvalue weighted by Crippen LogP contribution is 2.25. The summed E-state index contributed by atoms with van der Waals surface area (Å²) < 4.78 is 15.0. The first-order valence-electron chi connectivity index (χ1n) is 9.72. The average molecular weight is 454 g/mol. The van der Waals surface area contributed by atoms with Crippen LogP contribution in [0.5, 0.6) is 0 Å². The standard InChI is InChI=1S/C22H20FN5OS2/c1-2-28-20(12-24-21-25-18(13-30-21)15-6-4-3-5-7-15)26-27-22(28)31-14-19(29)16-8-10-17(23)11-9-16/h3-11,13H,2,12,14H2,1H3,(H,24,25). The van der Waals surface area contributed by atoms with Gasteiger partial charge in [-0.15, -0.1) is 21.5 Å². The minimum absolute atomic E-state index is 0.0773. The minimum Gasteiger partial charge on any atom is -0.354 e. The fourth-order valence-electron chi connectivity index (χ4n) is 2.97. The molecule has 2 heterocycles. The lowest BCUT2D eigenvalue weighted by Crippen LogP contribution is -2.09. The third-order valence-electron chi connectivity index (χ3n) is 4.58. The van der Waals surface area contributed by atoms with Crippen LogP contribution in [0.3, 0.4) is 0 Å². The second-order valence-electron chi connectivity index (χ2n) is 6.62. The number of thiazole rings is 1. The molecule has 0 bridgehead atoms. The molecule has 0 saturated carbocycles. The Balaban J connectivity index is 1.37. The summed E-state index contributed by atoms with van der Waals surface area (Å²) in [5, 5.41) is 15.3. The van der Waals surface area contributed by atoms with Crippen LogP contribution in [0.2, 0.25) is 0 Å². The van der Waals surface area contributed by atoms with Crippen molar-refractivity contribution < 1.29 is 9.18 Å². The molecule has 4 rings (SSSR count). The van der Waals surface area contributed by atoms with Gasteiger partial charge in [-0.3, -0.25) is 4.79 Å². The van der Waals surface area contributed by atoms with Gasteiger partial charge in [0.2, 0.25) is 0 Å². The summed E-state index contributed by atoms with van der Waals surface area (Å²) in [5.74, 6) is 0.551. The van der Waals surface area contributed by atoms with Gasteiger partial charge in [0.1, 0.15) is 5.82 Å². The summed E-state index contributed by atoms with van der Waals surface area (Å²) in [5.41, 5.74) is 2.49. The average Bonchev–Trinajstić information content (AvgIpc) is 3.43. The number of aromatic nitrogens is 4. The highest BCUT2D eigenvalue weighted by Gasteiger charge is 2.15. The SMILES string of the molecule is CCn1c(CNc2nc(-c3ccccc3)cs2)nnc1SCC(=O)c1ccc(F)cc1. The van der Waals surface area contributed by atoms with E-state index in [-0.39, 0.29) is 17.4 Å². The first kappa shape index (κ1) is 21.2. The van der Waals surface area contributed by atoms with Crippen LogP contribution in [0.15, 0.2) is 65.1 Å². The zero-order valence-corrected chi connectivity index (χ0v) is 18.4. The number of halogens is 1. The lowest BCUT2D eigenvalue weighted by molar-refractivity contribution is 0.102. The lowest BCUT2D eigenvalue weighted by Gasteiger charge is -2.07. The van der Waals surface area contributed by atoms with E-state index in [9.17, 15) is 9.18 Å². The zero-order valence-electron chi connectivity index (χ0n) is 16.8. The maximum atomic E-state index is 13.0. The maximum absolute atomic E-state index is 13.0. The number of ketones is 1. The van der Waals surface area contributed by atoms with Gasteiger partial charge in [-0.05, 0) is 31.2 Å². The number of nitrogens with zero attached hydrogens (tertiary/aromatic N) is 4. The van der Waals surface area contributed by atoms with Crippen LogP contribution in [-0.2, 0) is 13.1 Å². The maximum Gasteiger partial charge on any atom is 0.191 e. The minimum atomic E-state index is -0.358. The Labute approximate surface area is 187 Å². The summed E-state index contributed by atoms with van der Waals surface area (Å²) in [6.07, 6.45) is 0. The Morgan fingerprint density at radius 1 is 1.13 bits per heavy atom. The quantitative estimate of drug-likeness (QED) is 0.279. The second-order valence-corrected chi connectivity index (χ2v) is 8.42. The van der Waals surface area contributed by atoms with E-state index >= 15 is 0 Å². The summed E-state index contributed by atoms with van der Waals surface area (Å²) >= 11 is 2.87. The number of thioether (sulfide) groups is 1. The van der Waals surface area contributed by atoms with Crippen molar-refractivity contribution >= 4 is 34.0 Å². The summed E-state index contributed by atoms with van der Waals surface area (Å²) in [4.78, 5) is 17.0. The first-order valence-corrected chi connectivity index (χ1v) is 11.6. The van der Waals surface area contributed by atoms with Crippen molar-refractivity contribution in [2.75, 3.05) is 11.1 Å². The smallest absolute Gasteiger partial charge is 0.191 e. The summed E-state index contributed by atoms with van der Waals surface area (Å²) in [6, 6.07) is 15.6. The van der Waals surface area contributed by atoms with Crippen LogP contribution in [0.25, 0.3) is 11.3 Å². The first-order chi connectivity index (χ1) is 15.1. The van der Waals surface area contributed by atoms with E-state index in [1.165, 1.54) is 36.0 Å². The molecular formula is C22H20FN5OS2. The highest BCUT2D eigenvalue weighted by atomic mass is 32.2. The van der Waals surface area contributed by atoms with Gasteiger partial charge < -0.3 is 9.88 Å². The predicted molar refractivity (Wildman–Crippen MR) is 122 cm³/mol. The number of Topliss-reactive ketones (excluding diaryl/α,β-unsaturated/α-hetero) is 1. The lowest BCUT2D eigenvalue weighted by atomic mass is 10.1. The van der Waals surface area contributed by atoms with Gasteiger partial charge in [0, 0.05) is 23.1 Å². The fraction of sp³-hybridized carbons (Fsp3) is 0.182. The molecule has 1 N–H and O–H groups in total. The van der Waals surface area contributed by atoms with Crippen molar-refractivity contribution in [3.63, 3.8) is 0 Å². The Morgan fingerprint density at radius 2 is 1.90 bits per heavy atom. The van der Waals surface area contributed by atoms with Crippen molar-refractivity contribution in [1.82, 2.24) is 19.7 Å². The highest BCUT2D eigenvalue weighted by molar-refractivity contribution is 7.99. The Kier molecular flexibility index (Phi) is 6.73. The molecule has 31 heavy (non-hydrogen) atoms. The topological polar surface area (TPSA) is 72.7 Å². The third kappa shape index (κ3) is 5.18. The van der Waals surface area contributed by atoms with E-state index in [4.69, 9.17) is 0 Å². The van der Waals surface area contributed by atoms with Crippen molar-refractivity contribution in [3.8, 4) is 11.3 Å². The molecule has 0 atom stereocenters. The molecule has 9 heteroatoms. The van der Waals surface area contributed by atoms with Crippen LogP contribution in [-0.4, -0.2) is 31.3 Å². The molecule has 158 valence electrons. The molecule has 0 aliphatic carbocycles. The molecule has 6 nitrogen and oxygen atoms in total. The molecular weight excluding hydrogens is 433 g/mol. The van der Waals surface area contributed by atoms with E-state index in [2.05, 4.69) is 20.5 Å². The van der Waals surface area contributed by atoms with E-state index in [1.54, 1.807) is 11.3 Å². The van der Waals surface area contributed by atoms with Gasteiger partial charge in [-0.1, -0.05) is 42.1 Å². The molecule has 0 fully saturated rings. The molecule has 0 unspecified atom stereocenters. The third-order valence-corrected chi connectivity index (χ3v) is 6.35. The van der Waals surface area contributed by atoms with Gasteiger partial charge in [-0.25, -0.2) is 9.37 Å². The molecule has 2 aromatic carbocycles. The van der Waals surface area contributed by atoms with Crippen LogP contribution in [0.4, 0.5) is 9.52 Å². The van der Waals surface area contributed by atoms with Crippen LogP contribution in [0.1, 0.15) is 23.1 Å². The molecule has 0 radical (unpaired) electrons. The Hall–Kier alpha value is -3.04. The fourth-order valence-corrected chi connectivity index (χ4v) is 4.61. The van der Waals surface area contributed by atoms with Crippen molar-refractivity contribution in [2.45, 2.75) is 25.2 Å². The molecule has 2 aromatic heterocycles. The van der Waals surface area contributed by atoms with Crippen LogP contribution in [0, 0.1) is 5.82 Å². The second kappa shape index (κ2) is 9.84. The monoisotopic (exact) mass is 453 g/mol. The van der Waals surface area contributed by atoms with Crippen LogP contribution < -0.4 is 5.32 Å². The summed E-state index contributed by atoms with van der Waals surface area (Å²) in [6.45, 7) is 3.18. The van der Waals surface area contributed by atoms with Crippen molar-refractivity contribution in [2.24, 2.45) is 0 Å². The molecule has 0 amide bonds. The van der Waals surface area contributed by atoms with E-state index in [1.807, 2.05) is 47.2 Å². The number of hydrogen-bond donors (Lipinski definition) is 1. The number of carbonyl (C=O) groups excluding carboxylic acids is 1. The molecule has 4 aromatic rings.